The van der Waals surface area contributed by atoms with Gasteiger partial charge in [-0.25, -0.2) is 8.78 Å². The van der Waals surface area contributed by atoms with Crippen LogP contribution in [0.2, 0.25) is 0 Å². The average molecular weight is 433 g/mol. The minimum atomic E-state index is -0.659. The maximum Gasteiger partial charge on any atom is 0.275 e. The number of halogens is 3. The summed E-state index contributed by atoms with van der Waals surface area (Å²) in [4.78, 5) is 19.7. The highest BCUT2D eigenvalue weighted by Crippen LogP contribution is 2.21. The number of rotatable bonds is 6. The highest BCUT2D eigenvalue weighted by molar-refractivity contribution is 9.09. The molecule has 0 amide bonds. The van der Waals surface area contributed by atoms with Crippen molar-refractivity contribution in [2.75, 3.05) is 11.9 Å². The van der Waals surface area contributed by atoms with Gasteiger partial charge < -0.3 is 5.11 Å². The van der Waals surface area contributed by atoms with Gasteiger partial charge in [0.05, 0.1) is 22.0 Å². The molecule has 2 rings (SSSR count). The molecule has 0 heterocycles. The van der Waals surface area contributed by atoms with Gasteiger partial charge in [-0.2, -0.15) is 0 Å². The van der Waals surface area contributed by atoms with Crippen LogP contribution in [0.15, 0.2) is 36.4 Å². The number of aryl methyl sites for hydroxylation is 1. The molecule has 26 heavy (non-hydrogen) atoms. The van der Waals surface area contributed by atoms with Gasteiger partial charge in [0.1, 0.15) is 11.6 Å². The maximum absolute atomic E-state index is 12.6. The number of nitrogens with zero attached hydrogens (tertiary/aromatic N) is 2. The summed E-state index contributed by atoms with van der Waals surface area (Å²) in [6, 6.07) is 6.91. The molecule has 140 valence electrons. The smallest absolute Gasteiger partial charge is 0.275 e. The number of alkyl halides is 1. The number of nitro benzene ring substituents is 2. The minimum absolute atomic E-state index is 0.153. The monoisotopic (exact) mass is 432 g/mol. The van der Waals surface area contributed by atoms with Crippen molar-refractivity contribution >= 4 is 27.3 Å². The number of benzene rings is 2. The molecule has 0 aliphatic carbocycles. The molecule has 0 fully saturated rings. The van der Waals surface area contributed by atoms with Crippen molar-refractivity contribution in [3.8, 4) is 0 Å². The van der Waals surface area contributed by atoms with E-state index >= 15 is 0 Å². The molecule has 7 nitrogen and oxygen atoms in total. The molecular formula is C16H15BrF2N2O5. The Balaban J connectivity index is 0.000000260. The van der Waals surface area contributed by atoms with Crippen molar-refractivity contribution in [1.29, 1.82) is 0 Å². The van der Waals surface area contributed by atoms with E-state index in [-0.39, 0.29) is 24.4 Å². The van der Waals surface area contributed by atoms with Crippen LogP contribution in [0, 0.1) is 31.9 Å². The third kappa shape index (κ3) is 6.45. The second-order valence-corrected chi connectivity index (χ2v) is 5.77. The van der Waals surface area contributed by atoms with E-state index in [1.807, 2.05) is 0 Å². The van der Waals surface area contributed by atoms with Gasteiger partial charge in [0.25, 0.3) is 11.4 Å². The molecule has 0 unspecified atom stereocenters. The third-order valence-corrected chi connectivity index (χ3v) is 3.63. The number of aliphatic hydroxyl groups excluding tert-OH is 1. The van der Waals surface area contributed by atoms with E-state index in [0.717, 1.165) is 18.2 Å². The average Bonchev–Trinajstić information content (AvgIpc) is 2.58. The lowest BCUT2D eigenvalue weighted by Gasteiger charge is -1.99. The van der Waals surface area contributed by atoms with Crippen LogP contribution in [0.1, 0.15) is 11.1 Å². The first-order chi connectivity index (χ1) is 12.3. The van der Waals surface area contributed by atoms with Gasteiger partial charge in [0.2, 0.25) is 0 Å². The zero-order valence-electron chi connectivity index (χ0n) is 13.4. The summed E-state index contributed by atoms with van der Waals surface area (Å²) in [6.07, 6.45) is 0.688. The first-order valence-corrected chi connectivity index (χ1v) is 8.44. The minimum Gasteiger partial charge on any atom is -0.396 e. The SMILES string of the molecule is O=[N+]([O-])c1cc(F)ccc1CCBr.O=[N+]([O-])c1cc(F)ccc1CCO. The molecule has 0 saturated carbocycles. The standard InChI is InChI=1S/C8H7BrFNO2.C8H8FNO3/c9-4-3-6-1-2-7(10)5-8(6)11(12)13;9-7-2-1-6(3-4-11)8(5-7)10(12)13/h1-2,5H,3-4H2;1-2,5,11H,3-4H2. The molecule has 0 aliphatic heterocycles. The van der Waals surface area contributed by atoms with Crippen LogP contribution in [-0.4, -0.2) is 26.9 Å². The van der Waals surface area contributed by atoms with Crippen LogP contribution in [-0.2, 0) is 12.8 Å². The Bertz CT molecular complexity index is 724. The van der Waals surface area contributed by atoms with E-state index in [4.69, 9.17) is 5.11 Å². The molecule has 0 bridgehead atoms. The Hall–Kier alpha value is -2.46. The molecule has 1 N–H and O–H groups in total. The largest absolute Gasteiger partial charge is 0.396 e. The van der Waals surface area contributed by atoms with Gasteiger partial charge in [-0.05, 0) is 30.7 Å². The number of hydrogen-bond donors (Lipinski definition) is 1. The summed E-state index contributed by atoms with van der Waals surface area (Å²) < 4.78 is 25.2. The van der Waals surface area contributed by atoms with Crippen LogP contribution < -0.4 is 0 Å². The Kier molecular flexibility index (Phi) is 8.73. The van der Waals surface area contributed by atoms with Crippen LogP contribution in [0.4, 0.5) is 20.2 Å². The lowest BCUT2D eigenvalue weighted by atomic mass is 10.1. The molecule has 0 radical (unpaired) electrons. The molecular weight excluding hydrogens is 418 g/mol. The van der Waals surface area contributed by atoms with Gasteiger partial charge in [0.15, 0.2) is 0 Å². The zero-order valence-corrected chi connectivity index (χ0v) is 15.0. The Labute approximate surface area is 155 Å². The van der Waals surface area contributed by atoms with E-state index in [9.17, 15) is 29.0 Å². The Morgan fingerprint density at radius 1 is 0.885 bits per heavy atom. The highest BCUT2D eigenvalue weighted by Gasteiger charge is 2.14. The summed E-state index contributed by atoms with van der Waals surface area (Å²) in [6.45, 7) is -0.188. The molecule has 0 atom stereocenters. The van der Waals surface area contributed by atoms with E-state index in [0.29, 0.717) is 22.9 Å². The lowest BCUT2D eigenvalue weighted by Crippen LogP contribution is -1.98. The van der Waals surface area contributed by atoms with Crippen molar-refractivity contribution in [2.45, 2.75) is 12.8 Å². The van der Waals surface area contributed by atoms with Crippen LogP contribution in [0.3, 0.4) is 0 Å². The third-order valence-electron chi connectivity index (χ3n) is 3.23. The number of nitro groups is 2. The normalized spacial score (nSPS) is 10.0. The Morgan fingerprint density at radius 2 is 1.31 bits per heavy atom. The van der Waals surface area contributed by atoms with Crippen molar-refractivity contribution < 1.29 is 23.7 Å². The summed E-state index contributed by atoms with van der Waals surface area (Å²) >= 11 is 3.17. The van der Waals surface area contributed by atoms with E-state index in [1.165, 1.54) is 18.2 Å². The van der Waals surface area contributed by atoms with E-state index in [1.54, 1.807) is 0 Å². The van der Waals surface area contributed by atoms with Gasteiger partial charge in [-0.1, -0.05) is 15.9 Å². The molecule has 0 aliphatic rings. The van der Waals surface area contributed by atoms with Crippen molar-refractivity contribution in [1.82, 2.24) is 0 Å². The van der Waals surface area contributed by atoms with Gasteiger partial charge in [-0.15, -0.1) is 0 Å². The number of hydrogen-bond acceptors (Lipinski definition) is 5. The topological polar surface area (TPSA) is 107 Å². The fourth-order valence-corrected chi connectivity index (χ4v) is 2.49. The number of aliphatic hydroxyl groups is 1. The first-order valence-electron chi connectivity index (χ1n) is 7.32. The van der Waals surface area contributed by atoms with Crippen molar-refractivity contribution in [3.63, 3.8) is 0 Å². The predicted octanol–water partition coefficient (Wildman–Crippen LogP) is 3.94. The quantitative estimate of drug-likeness (QED) is 0.422. The van der Waals surface area contributed by atoms with Crippen LogP contribution in [0.5, 0.6) is 0 Å². The predicted molar refractivity (Wildman–Crippen MR) is 94.4 cm³/mol. The first kappa shape index (κ1) is 21.6. The zero-order chi connectivity index (χ0) is 19.7. The molecule has 2 aromatic carbocycles. The van der Waals surface area contributed by atoms with Gasteiger partial charge in [0, 0.05) is 29.5 Å². The molecule has 0 aromatic heterocycles. The second-order valence-electron chi connectivity index (χ2n) is 4.97. The fraction of sp³-hybridized carbons (Fsp3) is 0.250. The Morgan fingerprint density at radius 3 is 1.65 bits per heavy atom. The van der Waals surface area contributed by atoms with E-state index in [2.05, 4.69) is 15.9 Å². The summed E-state index contributed by atoms with van der Waals surface area (Å²) in [5.41, 5.74) is 0.450. The maximum atomic E-state index is 12.6. The molecule has 0 spiro atoms. The molecule has 10 heteroatoms. The second kappa shape index (κ2) is 10.5. The lowest BCUT2D eigenvalue weighted by molar-refractivity contribution is -0.385. The highest BCUT2D eigenvalue weighted by atomic mass is 79.9. The summed E-state index contributed by atoms with van der Waals surface area (Å²) in [7, 11) is 0. The fourth-order valence-electron chi connectivity index (χ4n) is 2.06. The molecule has 2 aromatic rings. The van der Waals surface area contributed by atoms with Gasteiger partial charge >= 0.3 is 0 Å². The summed E-state index contributed by atoms with van der Waals surface area (Å²) in [5, 5.41) is 30.1. The van der Waals surface area contributed by atoms with Crippen molar-refractivity contribution in [3.05, 3.63) is 79.4 Å². The van der Waals surface area contributed by atoms with Gasteiger partial charge in [-0.3, -0.25) is 20.2 Å². The van der Waals surface area contributed by atoms with Crippen LogP contribution >= 0.6 is 15.9 Å². The van der Waals surface area contributed by atoms with Crippen molar-refractivity contribution in [2.24, 2.45) is 0 Å². The van der Waals surface area contributed by atoms with Crippen LogP contribution in [0.25, 0.3) is 0 Å². The molecule has 0 saturated heterocycles. The van der Waals surface area contributed by atoms with E-state index < -0.39 is 21.5 Å². The summed E-state index contributed by atoms with van der Waals surface area (Å²) in [5.74, 6) is -1.22.